The van der Waals surface area contributed by atoms with Crippen molar-refractivity contribution in [1.29, 1.82) is 0 Å². The number of fused-ring (bicyclic) bond motifs is 1. The Balaban J connectivity index is 1.68. The van der Waals surface area contributed by atoms with Crippen LogP contribution in [-0.4, -0.2) is 35.6 Å². The van der Waals surface area contributed by atoms with Gasteiger partial charge in [-0.15, -0.1) is 0 Å². The summed E-state index contributed by atoms with van der Waals surface area (Å²) in [6.07, 6.45) is 0.442. The van der Waals surface area contributed by atoms with Crippen LogP contribution in [0.5, 0.6) is 0 Å². The molecule has 0 bridgehead atoms. The fourth-order valence-electron chi connectivity index (χ4n) is 2.87. The predicted octanol–water partition coefficient (Wildman–Crippen LogP) is 1.36. The number of nitrogens with one attached hydrogen (secondary N) is 2. The second kappa shape index (κ2) is 4.35. The van der Waals surface area contributed by atoms with E-state index in [2.05, 4.69) is 15.6 Å². The average molecular weight is 324 g/mol. The molecule has 4 rings (SSSR count). The van der Waals surface area contributed by atoms with E-state index < -0.39 is 23.2 Å². The average Bonchev–Trinajstić information content (AvgIpc) is 3.09. The maximum atomic E-state index is 13.7. The molecule has 1 spiro atoms. The summed E-state index contributed by atoms with van der Waals surface area (Å²) in [5.74, 6) is -1.72. The van der Waals surface area contributed by atoms with Crippen molar-refractivity contribution in [3.63, 3.8) is 0 Å². The third-order valence-corrected chi connectivity index (χ3v) is 5.02. The molecule has 1 aromatic carbocycles. The summed E-state index contributed by atoms with van der Waals surface area (Å²) in [6, 6.07) is 1.52. The highest BCUT2D eigenvalue weighted by Crippen LogP contribution is 2.35. The Kier molecular flexibility index (Phi) is 2.65. The lowest BCUT2D eigenvalue weighted by atomic mass is 10.00. The molecule has 0 aliphatic carbocycles. The monoisotopic (exact) mass is 324 g/mol. The van der Waals surface area contributed by atoms with Crippen molar-refractivity contribution in [3.8, 4) is 0 Å². The van der Waals surface area contributed by atoms with Gasteiger partial charge in [0.15, 0.2) is 10.9 Å². The molecular formula is C13H10F2N4O2S. The van der Waals surface area contributed by atoms with E-state index in [4.69, 9.17) is 0 Å². The van der Waals surface area contributed by atoms with Crippen LogP contribution < -0.4 is 15.5 Å². The summed E-state index contributed by atoms with van der Waals surface area (Å²) in [6.45, 7) is 0.756. The maximum absolute atomic E-state index is 13.7. The van der Waals surface area contributed by atoms with Gasteiger partial charge in [0.05, 0.1) is 11.2 Å². The molecule has 1 aromatic heterocycles. The smallest absolute Gasteiger partial charge is 0.322 e. The number of carbonyl (C=O) groups is 2. The fourth-order valence-corrected chi connectivity index (χ4v) is 3.90. The topological polar surface area (TPSA) is 74.3 Å². The summed E-state index contributed by atoms with van der Waals surface area (Å²) in [5, 5.41) is 5.36. The number of benzene rings is 1. The minimum Gasteiger partial charge on any atom is -0.345 e. The van der Waals surface area contributed by atoms with Crippen molar-refractivity contribution in [2.75, 3.05) is 18.0 Å². The molecule has 1 unspecified atom stereocenters. The molecule has 0 radical (unpaired) electrons. The van der Waals surface area contributed by atoms with Crippen molar-refractivity contribution in [2.24, 2.45) is 0 Å². The van der Waals surface area contributed by atoms with Gasteiger partial charge in [-0.3, -0.25) is 10.1 Å². The van der Waals surface area contributed by atoms with Crippen molar-refractivity contribution >= 4 is 38.6 Å². The van der Waals surface area contributed by atoms with Crippen LogP contribution >= 0.6 is 11.3 Å². The minimum absolute atomic E-state index is 0.113. The van der Waals surface area contributed by atoms with Crippen molar-refractivity contribution in [1.82, 2.24) is 15.6 Å². The molecule has 2 aliphatic heterocycles. The van der Waals surface area contributed by atoms with Gasteiger partial charge < -0.3 is 10.2 Å². The summed E-state index contributed by atoms with van der Waals surface area (Å²) in [7, 11) is 0. The predicted molar refractivity (Wildman–Crippen MR) is 75.8 cm³/mol. The van der Waals surface area contributed by atoms with Crippen LogP contribution in [0.15, 0.2) is 12.1 Å². The molecule has 2 aliphatic rings. The lowest BCUT2D eigenvalue weighted by molar-refractivity contribution is -0.123. The van der Waals surface area contributed by atoms with Gasteiger partial charge in [-0.2, -0.15) is 0 Å². The van der Waals surface area contributed by atoms with Crippen LogP contribution in [0, 0.1) is 11.6 Å². The first-order chi connectivity index (χ1) is 10.5. The van der Waals surface area contributed by atoms with Gasteiger partial charge in [0.1, 0.15) is 16.9 Å². The Morgan fingerprint density at radius 1 is 1.32 bits per heavy atom. The van der Waals surface area contributed by atoms with E-state index in [1.807, 2.05) is 0 Å². The zero-order valence-electron chi connectivity index (χ0n) is 11.2. The van der Waals surface area contributed by atoms with Crippen LogP contribution in [0.2, 0.25) is 0 Å². The van der Waals surface area contributed by atoms with Gasteiger partial charge in [0.2, 0.25) is 0 Å². The highest BCUT2D eigenvalue weighted by Gasteiger charge is 2.51. The number of imide groups is 1. The first kappa shape index (κ1) is 13.4. The first-order valence-electron chi connectivity index (χ1n) is 6.61. The van der Waals surface area contributed by atoms with E-state index in [9.17, 15) is 18.4 Å². The largest absolute Gasteiger partial charge is 0.345 e. The van der Waals surface area contributed by atoms with Gasteiger partial charge >= 0.3 is 6.03 Å². The quantitative estimate of drug-likeness (QED) is 0.777. The van der Waals surface area contributed by atoms with E-state index in [1.54, 1.807) is 4.90 Å². The summed E-state index contributed by atoms with van der Waals surface area (Å²) in [5.41, 5.74) is -0.846. The fraction of sp³-hybridized carbons (Fsp3) is 0.308. The van der Waals surface area contributed by atoms with E-state index in [0.717, 1.165) is 17.4 Å². The second-order valence-corrected chi connectivity index (χ2v) is 6.40. The number of aromatic nitrogens is 1. The molecule has 114 valence electrons. The van der Waals surface area contributed by atoms with Gasteiger partial charge in [-0.25, -0.2) is 18.6 Å². The Bertz CT molecular complexity index is 824. The molecule has 22 heavy (non-hydrogen) atoms. The number of thiazole rings is 1. The molecule has 0 saturated carbocycles. The third kappa shape index (κ3) is 1.85. The lowest BCUT2D eigenvalue weighted by Gasteiger charge is -2.20. The number of nitrogens with zero attached hydrogens (tertiary/aromatic N) is 2. The summed E-state index contributed by atoms with van der Waals surface area (Å²) in [4.78, 5) is 29.2. The van der Waals surface area contributed by atoms with Gasteiger partial charge in [0.25, 0.3) is 5.91 Å². The SMILES string of the molecule is O=C1NC(=O)C2(CCN(c3nc4c(F)cc(F)cc4s3)C2)N1. The van der Waals surface area contributed by atoms with Crippen molar-refractivity contribution < 1.29 is 18.4 Å². The molecule has 2 saturated heterocycles. The van der Waals surface area contributed by atoms with Gasteiger partial charge in [-0.05, 0) is 12.5 Å². The number of carbonyl (C=O) groups excluding carboxylic acids is 2. The Morgan fingerprint density at radius 2 is 2.14 bits per heavy atom. The number of hydrogen-bond donors (Lipinski definition) is 2. The Morgan fingerprint density at radius 3 is 2.86 bits per heavy atom. The molecule has 2 fully saturated rings. The molecule has 2 aromatic rings. The summed E-state index contributed by atoms with van der Waals surface area (Å²) < 4.78 is 27.4. The van der Waals surface area contributed by atoms with Gasteiger partial charge in [-0.1, -0.05) is 11.3 Å². The number of halogens is 2. The van der Waals surface area contributed by atoms with Crippen LogP contribution in [-0.2, 0) is 4.79 Å². The van der Waals surface area contributed by atoms with E-state index in [-0.39, 0.29) is 18.0 Å². The lowest BCUT2D eigenvalue weighted by Crippen LogP contribution is -2.49. The molecule has 3 amide bonds. The van der Waals surface area contributed by atoms with Crippen LogP contribution in [0.25, 0.3) is 10.2 Å². The Hall–Kier alpha value is -2.29. The number of anilines is 1. The molecular weight excluding hydrogens is 314 g/mol. The van der Waals surface area contributed by atoms with E-state index >= 15 is 0 Å². The number of rotatable bonds is 1. The summed E-state index contributed by atoms with van der Waals surface area (Å²) >= 11 is 1.16. The van der Waals surface area contributed by atoms with Crippen LogP contribution in [0.4, 0.5) is 18.7 Å². The zero-order chi connectivity index (χ0) is 15.5. The molecule has 1 atom stereocenters. The highest BCUT2D eigenvalue weighted by molar-refractivity contribution is 7.22. The third-order valence-electron chi connectivity index (χ3n) is 3.96. The number of urea groups is 1. The Labute approximate surface area is 127 Å². The zero-order valence-corrected chi connectivity index (χ0v) is 12.0. The number of hydrogen-bond acceptors (Lipinski definition) is 5. The van der Waals surface area contributed by atoms with Crippen molar-refractivity contribution in [3.05, 3.63) is 23.8 Å². The normalized spacial score (nSPS) is 24.4. The van der Waals surface area contributed by atoms with Crippen molar-refractivity contribution in [2.45, 2.75) is 12.0 Å². The van der Waals surface area contributed by atoms with Gasteiger partial charge in [0, 0.05) is 12.6 Å². The van der Waals surface area contributed by atoms with E-state index in [1.165, 1.54) is 6.07 Å². The van der Waals surface area contributed by atoms with Crippen LogP contribution in [0.1, 0.15) is 6.42 Å². The molecule has 9 heteroatoms. The second-order valence-electron chi connectivity index (χ2n) is 5.39. The van der Waals surface area contributed by atoms with Crippen LogP contribution in [0.3, 0.4) is 0 Å². The number of amides is 3. The standard InChI is InChI=1S/C13H10F2N4O2S/c14-6-3-7(15)9-8(4-6)22-12(16-9)19-2-1-13(5-19)10(20)17-11(21)18-13/h3-4H,1-2,5H2,(H2,17,18,20,21). The van der Waals surface area contributed by atoms with E-state index in [0.29, 0.717) is 22.8 Å². The first-order valence-corrected chi connectivity index (χ1v) is 7.43. The minimum atomic E-state index is -0.960. The molecule has 6 nitrogen and oxygen atoms in total. The maximum Gasteiger partial charge on any atom is 0.322 e. The molecule has 2 N–H and O–H groups in total. The highest BCUT2D eigenvalue weighted by atomic mass is 32.1. The molecule has 3 heterocycles.